The molecule has 1 N–H and O–H groups in total. The van der Waals surface area contributed by atoms with Crippen LogP contribution in [0.4, 0.5) is 0 Å². The van der Waals surface area contributed by atoms with Crippen LogP contribution in [0, 0.1) is 5.92 Å². The third kappa shape index (κ3) is 4.17. The van der Waals surface area contributed by atoms with Gasteiger partial charge in [-0.1, -0.05) is 0 Å². The number of likely N-dealkylation sites (tertiary alicyclic amines) is 1. The first-order valence-electron chi connectivity index (χ1n) is 8.04. The number of rotatable bonds is 5. The molecule has 2 aliphatic heterocycles. The van der Waals surface area contributed by atoms with Gasteiger partial charge < -0.3 is 15.0 Å². The number of ether oxygens (including phenoxy) is 1. The Hall–Kier alpha value is -0.120. The van der Waals surface area contributed by atoms with Crippen molar-refractivity contribution in [2.75, 3.05) is 26.7 Å². The van der Waals surface area contributed by atoms with Gasteiger partial charge in [0.1, 0.15) is 0 Å². The van der Waals surface area contributed by atoms with Gasteiger partial charge in [-0.15, -0.1) is 0 Å². The molecule has 19 heavy (non-hydrogen) atoms. The highest BCUT2D eigenvalue weighted by atomic mass is 16.5. The highest BCUT2D eigenvalue weighted by Crippen LogP contribution is 2.28. The summed E-state index contributed by atoms with van der Waals surface area (Å²) in [6.45, 7) is 10.5. The number of hydrogen-bond acceptors (Lipinski definition) is 3. The average molecular weight is 268 g/mol. The van der Waals surface area contributed by atoms with E-state index in [1.165, 1.54) is 45.3 Å². The van der Waals surface area contributed by atoms with Crippen molar-refractivity contribution < 1.29 is 4.74 Å². The number of nitrogens with one attached hydrogen (secondary N) is 1. The monoisotopic (exact) mass is 268 g/mol. The lowest BCUT2D eigenvalue weighted by molar-refractivity contribution is -0.0129. The molecule has 0 radical (unpaired) electrons. The van der Waals surface area contributed by atoms with Crippen molar-refractivity contribution in [1.29, 1.82) is 0 Å². The van der Waals surface area contributed by atoms with Gasteiger partial charge in [0.25, 0.3) is 0 Å². The van der Waals surface area contributed by atoms with E-state index in [0.29, 0.717) is 6.04 Å². The molecule has 2 saturated heterocycles. The van der Waals surface area contributed by atoms with E-state index in [4.69, 9.17) is 4.74 Å². The normalized spacial score (nSPS) is 31.6. The molecule has 3 heteroatoms. The fourth-order valence-electron chi connectivity index (χ4n) is 3.81. The molecule has 3 nitrogen and oxygen atoms in total. The van der Waals surface area contributed by atoms with E-state index in [1.54, 1.807) is 0 Å². The molecule has 3 atom stereocenters. The number of hydrogen-bond donors (Lipinski definition) is 1. The molecule has 2 aliphatic rings. The Morgan fingerprint density at radius 3 is 2.74 bits per heavy atom. The zero-order valence-corrected chi connectivity index (χ0v) is 13.2. The Balaban J connectivity index is 1.85. The minimum atomic E-state index is -0.00201. The Bertz CT molecular complexity index is 274. The largest absolute Gasteiger partial charge is 0.379 e. The molecule has 0 bridgehead atoms. The lowest BCUT2D eigenvalue weighted by Crippen LogP contribution is -2.48. The molecule has 0 spiro atoms. The highest BCUT2D eigenvalue weighted by Gasteiger charge is 2.32. The van der Waals surface area contributed by atoms with Crippen LogP contribution in [0.1, 0.15) is 52.9 Å². The lowest BCUT2D eigenvalue weighted by atomic mass is 9.88. The molecule has 2 fully saturated rings. The quantitative estimate of drug-likeness (QED) is 0.829. The summed E-state index contributed by atoms with van der Waals surface area (Å²) < 4.78 is 5.59. The van der Waals surface area contributed by atoms with Crippen molar-refractivity contribution in [1.82, 2.24) is 10.2 Å². The van der Waals surface area contributed by atoms with E-state index in [2.05, 4.69) is 31.0 Å². The molecule has 2 rings (SSSR count). The standard InChI is InChI=1S/C16H32N2O/c1-13(11-16(2,3)19-4)18-10-6-7-14(12-18)15-8-5-9-17-15/h13-15,17H,5-12H2,1-4H3. The first kappa shape index (κ1) is 15.3. The molecule has 112 valence electrons. The van der Waals surface area contributed by atoms with Gasteiger partial charge in [0.2, 0.25) is 0 Å². The van der Waals surface area contributed by atoms with E-state index in [1.807, 2.05) is 7.11 Å². The Morgan fingerprint density at radius 2 is 2.11 bits per heavy atom. The van der Waals surface area contributed by atoms with Crippen LogP contribution >= 0.6 is 0 Å². The van der Waals surface area contributed by atoms with E-state index in [-0.39, 0.29) is 5.60 Å². The van der Waals surface area contributed by atoms with Crippen LogP contribution in [0.15, 0.2) is 0 Å². The molecule has 0 saturated carbocycles. The molecular weight excluding hydrogens is 236 g/mol. The second-order valence-electron chi connectivity index (χ2n) is 7.12. The molecule has 0 aromatic rings. The van der Waals surface area contributed by atoms with Gasteiger partial charge >= 0.3 is 0 Å². The zero-order chi connectivity index (χ0) is 13.9. The van der Waals surface area contributed by atoms with E-state index in [0.717, 1.165) is 18.4 Å². The first-order valence-corrected chi connectivity index (χ1v) is 8.04. The van der Waals surface area contributed by atoms with Crippen LogP contribution in [0.2, 0.25) is 0 Å². The molecule has 3 unspecified atom stereocenters. The first-order chi connectivity index (χ1) is 9.02. The summed E-state index contributed by atoms with van der Waals surface area (Å²) >= 11 is 0. The maximum atomic E-state index is 5.59. The average Bonchev–Trinajstić information content (AvgIpc) is 2.92. The number of piperidine rings is 1. The van der Waals surface area contributed by atoms with E-state index in [9.17, 15) is 0 Å². The van der Waals surface area contributed by atoms with Gasteiger partial charge in [0.15, 0.2) is 0 Å². The minimum absolute atomic E-state index is 0.00201. The van der Waals surface area contributed by atoms with Gasteiger partial charge in [-0.05, 0) is 71.9 Å². The fraction of sp³-hybridized carbons (Fsp3) is 1.00. The topological polar surface area (TPSA) is 24.5 Å². The molecule has 0 aromatic heterocycles. The minimum Gasteiger partial charge on any atom is -0.379 e. The van der Waals surface area contributed by atoms with Crippen molar-refractivity contribution in [3.8, 4) is 0 Å². The maximum absolute atomic E-state index is 5.59. The summed E-state index contributed by atoms with van der Waals surface area (Å²) in [6.07, 6.45) is 6.65. The van der Waals surface area contributed by atoms with Crippen molar-refractivity contribution in [2.45, 2.75) is 70.6 Å². The number of methoxy groups -OCH3 is 1. The van der Waals surface area contributed by atoms with Crippen LogP contribution in [-0.4, -0.2) is 49.3 Å². The van der Waals surface area contributed by atoms with Crippen molar-refractivity contribution in [3.05, 3.63) is 0 Å². The van der Waals surface area contributed by atoms with Gasteiger partial charge in [-0.2, -0.15) is 0 Å². The predicted octanol–water partition coefficient (Wildman–Crippen LogP) is 2.65. The molecule has 0 aromatic carbocycles. The summed E-state index contributed by atoms with van der Waals surface area (Å²) in [5.74, 6) is 0.865. The fourth-order valence-corrected chi connectivity index (χ4v) is 3.81. The summed E-state index contributed by atoms with van der Waals surface area (Å²) in [4.78, 5) is 2.69. The summed E-state index contributed by atoms with van der Waals surface area (Å²) in [5, 5.41) is 3.69. The van der Waals surface area contributed by atoms with Crippen LogP contribution in [-0.2, 0) is 4.74 Å². The van der Waals surface area contributed by atoms with Crippen molar-refractivity contribution in [3.63, 3.8) is 0 Å². The third-order valence-corrected chi connectivity index (χ3v) is 5.12. The Labute approximate surface area is 119 Å². The molecule has 0 aliphatic carbocycles. The van der Waals surface area contributed by atoms with Crippen LogP contribution in [0.5, 0.6) is 0 Å². The summed E-state index contributed by atoms with van der Waals surface area (Å²) in [7, 11) is 1.83. The third-order valence-electron chi connectivity index (χ3n) is 5.12. The second kappa shape index (κ2) is 6.55. The van der Waals surface area contributed by atoms with Gasteiger partial charge in [-0.3, -0.25) is 0 Å². The van der Waals surface area contributed by atoms with E-state index >= 15 is 0 Å². The maximum Gasteiger partial charge on any atom is 0.0637 e. The Morgan fingerprint density at radius 1 is 1.32 bits per heavy atom. The van der Waals surface area contributed by atoms with Crippen molar-refractivity contribution in [2.24, 2.45) is 5.92 Å². The highest BCUT2D eigenvalue weighted by molar-refractivity contribution is 4.88. The summed E-state index contributed by atoms with van der Waals surface area (Å²) in [6, 6.07) is 1.41. The van der Waals surface area contributed by atoms with Gasteiger partial charge in [-0.25, -0.2) is 0 Å². The van der Waals surface area contributed by atoms with Gasteiger partial charge in [0.05, 0.1) is 5.60 Å². The van der Waals surface area contributed by atoms with E-state index < -0.39 is 0 Å². The SMILES string of the molecule is COC(C)(C)CC(C)N1CCCC(C2CCCN2)C1. The molecule has 0 amide bonds. The zero-order valence-electron chi connectivity index (χ0n) is 13.2. The van der Waals surface area contributed by atoms with Crippen LogP contribution in [0.3, 0.4) is 0 Å². The second-order valence-corrected chi connectivity index (χ2v) is 7.12. The summed E-state index contributed by atoms with van der Waals surface area (Å²) in [5.41, 5.74) is -0.00201. The smallest absolute Gasteiger partial charge is 0.0637 e. The molecular formula is C16H32N2O. The van der Waals surface area contributed by atoms with Crippen molar-refractivity contribution >= 4 is 0 Å². The Kier molecular flexibility index (Phi) is 5.27. The lowest BCUT2D eigenvalue weighted by Gasteiger charge is -2.41. The van der Waals surface area contributed by atoms with Crippen LogP contribution in [0.25, 0.3) is 0 Å². The number of nitrogens with zero attached hydrogens (tertiary/aromatic N) is 1. The predicted molar refractivity (Wildman–Crippen MR) is 80.5 cm³/mol. The van der Waals surface area contributed by atoms with Gasteiger partial charge in [0, 0.05) is 25.7 Å². The van der Waals surface area contributed by atoms with Crippen LogP contribution < -0.4 is 5.32 Å². The molecule has 2 heterocycles.